The van der Waals surface area contributed by atoms with Crippen LogP contribution in [-0.2, 0) is 14.3 Å². The quantitative estimate of drug-likeness (QED) is 0.491. The van der Waals surface area contributed by atoms with Gasteiger partial charge < -0.3 is 9.47 Å². The minimum absolute atomic E-state index is 0.0118. The van der Waals surface area contributed by atoms with Crippen molar-refractivity contribution in [2.24, 2.45) is 23.2 Å². The number of fused-ring (bicyclic) bond motifs is 3. The third-order valence-electron chi connectivity index (χ3n) is 9.04. The molecule has 1 aromatic carbocycles. The first-order valence-electron chi connectivity index (χ1n) is 12.0. The smallest absolute Gasteiger partial charge is 0.310 e. The number of carbonyl (C=O) groups excluding carboxylic acids is 1. The van der Waals surface area contributed by atoms with E-state index in [2.05, 4.69) is 30.0 Å². The van der Waals surface area contributed by atoms with Crippen molar-refractivity contribution in [2.45, 2.75) is 57.2 Å². The van der Waals surface area contributed by atoms with E-state index in [-0.39, 0.29) is 29.0 Å². The molecule has 0 unspecified atom stereocenters. The molecular weight excluding hydrogens is 410 g/mol. The van der Waals surface area contributed by atoms with Crippen molar-refractivity contribution in [1.29, 1.82) is 0 Å². The minimum atomic E-state index is 0.0118. The zero-order valence-corrected chi connectivity index (χ0v) is 19.1. The molecule has 4 nitrogen and oxygen atoms in total. The van der Waals surface area contributed by atoms with Crippen LogP contribution < -0.4 is 0 Å². The van der Waals surface area contributed by atoms with Crippen molar-refractivity contribution in [3.05, 3.63) is 40.9 Å². The zero-order chi connectivity index (χ0) is 21.2. The highest BCUT2D eigenvalue weighted by atomic mass is 35.5. The Bertz CT molecular complexity index is 908. The van der Waals surface area contributed by atoms with Crippen LogP contribution in [-0.4, -0.2) is 48.8 Å². The zero-order valence-electron chi connectivity index (χ0n) is 18.3. The van der Waals surface area contributed by atoms with Crippen molar-refractivity contribution in [3.8, 4) is 0 Å². The van der Waals surface area contributed by atoms with E-state index in [0.717, 1.165) is 50.5 Å². The van der Waals surface area contributed by atoms with E-state index < -0.39 is 0 Å². The van der Waals surface area contributed by atoms with Crippen LogP contribution in [0.15, 0.2) is 30.3 Å². The first kappa shape index (κ1) is 20.3. The van der Waals surface area contributed by atoms with Crippen molar-refractivity contribution >= 4 is 23.1 Å². The fraction of sp³-hybridized carbons (Fsp3) is 0.654. The van der Waals surface area contributed by atoms with Crippen molar-refractivity contribution in [2.75, 3.05) is 26.2 Å². The van der Waals surface area contributed by atoms with Crippen molar-refractivity contribution in [3.63, 3.8) is 0 Å². The third-order valence-corrected chi connectivity index (χ3v) is 9.29. The van der Waals surface area contributed by atoms with Gasteiger partial charge in [-0.05, 0) is 73.1 Å². The molecule has 0 aromatic heterocycles. The average molecular weight is 442 g/mol. The highest BCUT2D eigenvalue weighted by molar-refractivity contribution is 6.30. The fourth-order valence-corrected chi connectivity index (χ4v) is 7.37. The molecular formula is C26H32ClNO3. The Kier molecular flexibility index (Phi) is 4.79. The molecule has 0 radical (unpaired) electrons. The van der Waals surface area contributed by atoms with E-state index in [1.54, 1.807) is 0 Å². The molecule has 2 saturated carbocycles. The van der Waals surface area contributed by atoms with Crippen LogP contribution in [0.2, 0.25) is 5.02 Å². The first-order valence-corrected chi connectivity index (χ1v) is 12.4. The maximum Gasteiger partial charge on any atom is 0.310 e. The molecule has 2 saturated heterocycles. The average Bonchev–Trinajstić information content (AvgIpc) is 3.46. The van der Waals surface area contributed by atoms with Crippen molar-refractivity contribution in [1.82, 2.24) is 4.90 Å². The fourth-order valence-electron chi connectivity index (χ4n) is 7.25. The Morgan fingerprint density at radius 3 is 2.74 bits per heavy atom. The summed E-state index contributed by atoms with van der Waals surface area (Å²) in [5.74, 6) is 0.990. The van der Waals surface area contributed by atoms with E-state index in [1.807, 2.05) is 12.1 Å². The van der Waals surface area contributed by atoms with Crippen LogP contribution in [0, 0.1) is 23.2 Å². The Hall–Kier alpha value is -1.36. The Labute approximate surface area is 189 Å². The number of esters is 1. The third kappa shape index (κ3) is 3.46. The van der Waals surface area contributed by atoms with Gasteiger partial charge in [0, 0.05) is 30.6 Å². The standard InChI is InChI=1S/C26H32ClNO3/c1-25-9-2-10-26(16-30-26)23(25)13-20-21(24(29)31-22(20)14-25)15-28-11-7-18(8-12-28)17-3-5-19(27)6-4-17/h3-7,20-23H,2,8-16H2,1H3/t20-,21-,22-,23-,25-,26+/m1/s1. The minimum Gasteiger partial charge on any atom is -0.462 e. The highest BCUT2D eigenvalue weighted by Gasteiger charge is 2.65. The monoisotopic (exact) mass is 441 g/mol. The van der Waals surface area contributed by atoms with E-state index in [4.69, 9.17) is 21.1 Å². The van der Waals surface area contributed by atoms with Gasteiger partial charge in [-0.2, -0.15) is 0 Å². The molecule has 6 atom stereocenters. The summed E-state index contributed by atoms with van der Waals surface area (Å²) in [7, 11) is 0. The lowest BCUT2D eigenvalue weighted by atomic mass is 9.53. The summed E-state index contributed by atoms with van der Waals surface area (Å²) < 4.78 is 12.0. The number of hydrogen-bond donors (Lipinski definition) is 0. The second-order valence-electron chi connectivity index (χ2n) is 10.8. The van der Waals surface area contributed by atoms with Gasteiger partial charge in [-0.1, -0.05) is 36.7 Å². The normalized spacial score (nSPS) is 42.0. The number of epoxide rings is 1. The van der Waals surface area contributed by atoms with Crippen LogP contribution >= 0.6 is 11.6 Å². The Morgan fingerprint density at radius 1 is 1.23 bits per heavy atom. The molecule has 4 fully saturated rings. The van der Waals surface area contributed by atoms with Gasteiger partial charge in [-0.25, -0.2) is 0 Å². The Balaban J connectivity index is 1.15. The summed E-state index contributed by atoms with van der Waals surface area (Å²) in [6.45, 7) is 6.05. The summed E-state index contributed by atoms with van der Waals surface area (Å²) in [6, 6.07) is 8.11. The molecule has 3 aliphatic heterocycles. The van der Waals surface area contributed by atoms with E-state index in [0.29, 0.717) is 11.8 Å². The topological polar surface area (TPSA) is 42.1 Å². The van der Waals surface area contributed by atoms with Crippen LogP contribution in [0.4, 0.5) is 0 Å². The van der Waals surface area contributed by atoms with Crippen molar-refractivity contribution < 1.29 is 14.3 Å². The number of halogens is 1. The molecule has 0 N–H and O–H groups in total. The highest BCUT2D eigenvalue weighted by Crippen LogP contribution is 2.62. The molecule has 166 valence electrons. The van der Waals surface area contributed by atoms with E-state index >= 15 is 0 Å². The summed E-state index contributed by atoms with van der Waals surface area (Å²) in [6.07, 6.45) is 9.25. The Morgan fingerprint density at radius 2 is 2.03 bits per heavy atom. The lowest BCUT2D eigenvalue weighted by Gasteiger charge is -2.51. The number of nitrogens with zero attached hydrogens (tertiary/aromatic N) is 1. The molecule has 6 rings (SSSR count). The van der Waals surface area contributed by atoms with Gasteiger partial charge in [0.15, 0.2) is 0 Å². The number of ether oxygens (including phenoxy) is 2. The summed E-state index contributed by atoms with van der Waals surface area (Å²) in [5, 5.41) is 0.774. The number of benzene rings is 1. The summed E-state index contributed by atoms with van der Waals surface area (Å²) in [5.41, 5.74) is 3.02. The van der Waals surface area contributed by atoms with Crippen LogP contribution in [0.1, 0.15) is 51.0 Å². The molecule has 2 aliphatic carbocycles. The van der Waals surface area contributed by atoms with Crippen LogP contribution in [0.3, 0.4) is 0 Å². The van der Waals surface area contributed by atoms with Gasteiger partial charge in [-0.3, -0.25) is 9.69 Å². The van der Waals surface area contributed by atoms with E-state index in [1.165, 1.54) is 30.4 Å². The number of carbonyl (C=O) groups is 1. The van der Waals surface area contributed by atoms with Gasteiger partial charge >= 0.3 is 5.97 Å². The molecule has 1 spiro atoms. The first-order chi connectivity index (χ1) is 15.0. The van der Waals surface area contributed by atoms with Crippen LogP contribution in [0.25, 0.3) is 5.57 Å². The van der Waals surface area contributed by atoms with Crippen LogP contribution in [0.5, 0.6) is 0 Å². The summed E-state index contributed by atoms with van der Waals surface area (Å²) in [4.78, 5) is 15.3. The molecule has 5 heteroatoms. The van der Waals surface area contributed by atoms with Gasteiger partial charge in [0.05, 0.1) is 18.1 Å². The predicted molar refractivity (Wildman–Crippen MR) is 121 cm³/mol. The maximum absolute atomic E-state index is 12.9. The van der Waals surface area contributed by atoms with Gasteiger partial charge in [-0.15, -0.1) is 0 Å². The second-order valence-corrected chi connectivity index (χ2v) is 11.3. The molecule has 1 aromatic rings. The largest absolute Gasteiger partial charge is 0.462 e. The molecule has 5 aliphatic rings. The van der Waals surface area contributed by atoms with Gasteiger partial charge in [0.1, 0.15) is 6.10 Å². The number of hydrogen-bond acceptors (Lipinski definition) is 4. The van der Waals surface area contributed by atoms with E-state index in [9.17, 15) is 4.79 Å². The molecule has 0 amide bonds. The van der Waals surface area contributed by atoms with Gasteiger partial charge in [0.25, 0.3) is 0 Å². The maximum atomic E-state index is 12.9. The lowest BCUT2D eigenvalue weighted by Crippen LogP contribution is -2.51. The second kappa shape index (κ2) is 7.33. The summed E-state index contributed by atoms with van der Waals surface area (Å²) >= 11 is 6.03. The molecule has 3 heterocycles. The SMILES string of the molecule is C[C@]12CCC[C@]3(CO3)[C@@H]1C[C@H]1[C@@H](C2)OC(=O)[C@@H]1CN1CC=C(c2ccc(Cl)cc2)CC1. The molecule has 0 bridgehead atoms. The predicted octanol–water partition coefficient (Wildman–Crippen LogP) is 4.96. The molecule has 31 heavy (non-hydrogen) atoms. The lowest BCUT2D eigenvalue weighted by molar-refractivity contribution is -0.147. The van der Waals surface area contributed by atoms with Gasteiger partial charge in [0.2, 0.25) is 0 Å². The number of rotatable bonds is 3.